The molecular weight excluding hydrogens is 579 g/mol. The van der Waals surface area contributed by atoms with Crippen LogP contribution in [0.3, 0.4) is 0 Å². The largest absolute Gasteiger partial charge is 0.493 e. The highest BCUT2D eigenvalue weighted by Crippen LogP contribution is 2.53. The SMILES string of the molecule is COc1cc([C@H]2c3sc(=O)[nH]c3SC3C(=O)N(c4ccccc4)C(=O)C32)ccc1OCc1ccc(Cl)cc1Cl. The van der Waals surface area contributed by atoms with E-state index < -0.39 is 17.1 Å². The van der Waals surface area contributed by atoms with E-state index in [4.69, 9.17) is 32.7 Å². The topological polar surface area (TPSA) is 88.7 Å². The van der Waals surface area contributed by atoms with Gasteiger partial charge in [-0.05, 0) is 42.0 Å². The second-order valence-electron chi connectivity index (χ2n) is 9.03. The third-order valence-corrected chi connectivity index (χ3v) is 9.77. The monoisotopic (exact) mass is 598 g/mol. The van der Waals surface area contributed by atoms with E-state index in [9.17, 15) is 14.4 Å². The number of amides is 2. The van der Waals surface area contributed by atoms with Gasteiger partial charge in [-0.3, -0.25) is 14.4 Å². The van der Waals surface area contributed by atoms with Gasteiger partial charge in [0.15, 0.2) is 11.5 Å². The predicted molar refractivity (Wildman–Crippen MR) is 153 cm³/mol. The molecule has 7 nitrogen and oxygen atoms in total. The number of para-hydroxylation sites is 1. The molecule has 1 fully saturated rings. The van der Waals surface area contributed by atoms with Crippen LogP contribution >= 0.6 is 46.3 Å². The molecule has 0 saturated carbocycles. The van der Waals surface area contributed by atoms with Crippen LogP contribution in [0.15, 0.2) is 76.6 Å². The fraction of sp³-hybridized carbons (Fsp3) is 0.179. The maximum atomic E-state index is 13.8. The van der Waals surface area contributed by atoms with Gasteiger partial charge in [0, 0.05) is 26.4 Å². The van der Waals surface area contributed by atoms with Crippen LogP contribution < -0.4 is 19.2 Å². The van der Waals surface area contributed by atoms with Crippen molar-refractivity contribution in [2.45, 2.75) is 22.8 Å². The molecule has 3 aromatic carbocycles. The lowest BCUT2D eigenvalue weighted by molar-refractivity contribution is -0.122. The van der Waals surface area contributed by atoms with Gasteiger partial charge in [0.2, 0.25) is 11.8 Å². The number of benzene rings is 3. The second kappa shape index (κ2) is 10.4. The molecule has 0 spiro atoms. The van der Waals surface area contributed by atoms with Crippen molar-refractivity contribution in [3.05, 3.63) is 102 Å². The Morgan fingerprint density at radius 1 is 0.949 bits per heavy atom. The van der Waals surface area contributed by atoms with Crippen LogP contribution in [0.2, 0.25) is 10.0 Å². The average Bonchev–Trinajstić information content (AvgIpc) is 3.42. The van der Waals surface area contributed by atoms with Crippen molar-refractivity contribution in [3.63, 3.8) is 0 Å². The Hall–Kier alpha value is -3.24. The number of thioether (sulfide) groups is 1. The van der Waals surface area contributed by atoms with Gasteiger partial charge in [-0.1, -0.05) is 76.6 Å². The minimum atomic E-state index is -0.689. The summed E-state index contributed by atoms with van der Waals surface area (Å²) < 4.78 is 11.7. The number of H-pyrrole nitrogens is 1. The molecular formula is C28H20Cl2N2O5S2. The van der Waals surface area contributed by atoms with Crippen LogP contribution in [0.5, 0.6) is 11.5 Å². The van der Waals surface area contributed by atoms with E-state index in [1.807, 2.05) is 12.1 Å². The summed E-state index contributed by atoms with van der Waals surface area (Å²) in [5.41, 5.74) is 2.03. The van der Waals surface area contributed by atoms with Crippen molar-refractivity contribution in [2.24, 2.45) is 5.92 Å². The fourth-order valence-electron chi connectivity index (χ4n) is 5.00. The van der Waals surface area contributed by atoms with E-state index in [0.717, 1.165) is 27.3 Å². The van der Waals surface area contributed by atoms with E-state index in [0.29, 0.717) is 32.3 Å². The van der Waals surface area contributed by atoms with Crippen molar-refractivity contribution in [2.75, 3.05) is 12.0 Å². The minimum Gasteiger partial charge on any atom is -0.493 e. The number of thiazole rings is 1. The molecule has 2 aliphatic heterocycles. The zero-order valence-corrected chi connectivity index (χ0v) is 23.5. The average molecular weight is 600 g/mol. The molecule has 11 heteroatoms. The Morgan fingerprint density at radius 3 is 2.49 bits per heavy atom. The van der Waals surface area contributed by atoms with Gasteiger partial charge in [-0.15, -0.1) is 0 Å². The molecule has 1 N–H and O–H groups in total. The Kier molecular flexibility index (Phi) is 6.93. The van der Waals surface area contributed by atoms with Crippen molar-refractivity contribution in [1.82, 2.24) is 4.98 Å². The molecule has 3 atom stereocenters. The number of nitrogens with zero attached hydrogens (tertiary/aromatic N) is 1. The molecule has 2 unspecified atom stereocenters. The van der Waals surface area contributed by atoms with Crippen LogP contribution in [-0.2, 0) is 16.2 Å². The van der Waals surface area contributed by atoms with Crippen LogP contribution in [0.1, 0.15) is 21.9 Å². The van der Waals surface area contributed by atoms with Crippen LogP contribution in [0, 0.1) is 5.92 Å². The van der Waals surface area contributed by atoms with Gasteiger partial charge in [0.25, 0.3) is 0 Å². The number of carbonyl (C=O) groups is 2. The summed E-state index contributed by atoms with van der Waals surface area (Å²) in [7, 11) is 1.53. The van der Waals surface area contributed by atoms with Gasteiger partial charge in [-0.2, -0.15) is 0 Å². The Balaban J connectivity index is 1.37. The van der Waals surface area contributed by atoms with Gasteiger partial charge in [0.05, 0.1) is 23.7 Å². The zero-order valence-electron chi connectivity index (χ0n) is 20.4. The Labute approximate surface area is 241 Å². The molecule has 1 saturated heterocycles. The predicted octanol–water partition coefficient (Wildman–Crippen LogP) is 6.13. The molecule has 0 aliphatic carbocycles. The summed E-state index contributed by atoms with van der Waals surface area (Å²) in [6.45, 7) is 0.194. The van der Waals surface area contributed by atoms with E-state index in [1.54, 1.807) is 54.6 Å². The summed E-state index contributed by atoms with van der Waals surface area (Å²) in [5, 5.41) is 0.969. The molecule has 6 rings (SSSR count). The van der Waals surface area contributed by atoms with Crippen molar-refractivity contribution < 1.29 is 19.1 Å². The van der Waals surface area contributed by atoms with E-state index in [2.05, 4.69) is 4.98 Å². The maximum absolute atomic E-state index is 13.8. The molecule has 198 valence electrons. The number of halogens is 2. The molecule has 2 aliphatic rings. The first-order valence-electron chi connectivity index (χ1n) is 11.9. The standard InChI is InChI=1S/C28H20Cl2N2O5S2/c1-36-20-11-14(8-10-19(20)37-13-15-7-9-16(29)12-18(15)30)21-22-24(38-25-23(21)39-28(35)31-25)27(34)32(26(22)33)17-5-3-2-4-6-17/h2-12,21-22,24H,13H2,1H3,(H,31,35)/t21-,22?,24?/m1/s1. The van der Waals surface area contributed by atoms with Gasteiger partial charge >= 0.3 is 4.87 Å². The highest BCUT2D eigenvalue weighted by molar-refractivity contribution is 8.00. The van der Waals surface area contributed by atoms with E-state index in [1.165, 1.54) is 23.8 Å². The molecule has 0 radical (unpaired) electrons. The minimum absolute atomic E-state index is 0.194. The normalized spacial score (nSPS) is 20.1. The second-order valence-corrected chi connectivity index (χ2v) is 12.0. The Bertz CT molecular complexity index is 1660. The third kappa shape index (κ3) is 4.63. The molecule has 3 heterocycles. The number of methoxy groups -OCH3 is 1. The summed E-state index contributed by atoms with van der Waals surface area (Å²) in [5.74, 6) is -0.864. The van der Waals surface area contributed by atoms with E-state index in [-0.39, 0.29) is 23.3 Å². The number of ether oxygens (including phenoxy) is 2. The summed E-state index contributed by atoms with van der Waals surface area (Å²) in [6.07, 6.45) is 0. The molecule has 39 heavy (non-hydrogen) atoms. The van der Waals surface area contributed by atoms with Gasteiger partial charge in [-0.25, -0.2) is 4.90 Å². The zero-order chi connectivity index (χ0) is 27.3. The fourth-order valence-corrected chi connectivity index (χ4v) is 7.98. The summed E-state index contributed by atoms with van der Waals surface area (Å²) in [6, 6.07) is 19.5. The lowest BCUT2D eigenvalue weighted by Crippen LogP contribution is -2.32. The maximum Gasteiger partial charge on any atom is 0.305 e. The summed E-state index contributed by atoms with van der Waals surface area (Å²) >= 11 is 14.6. The van der Waals surface area contributed by atoms with Crippen molar-refractivity contribution in [3.8, 4) is 11.5 Å². The number of imide groups is 1. The molecule has 0 bridgehead atoms. The van der Waals surface area contributed by atoms with Gasteiger partial charge < -0.3 is 14.5 Å². The first kappa shape index (κ1) is 26.0. The Morgan fingerprint density at radius 2 is 1.74 bits per heavy atom. The molecule has 4 aromatic rings. The van der Waals surface area contributed by atoms with Gasteiger partial charge in [0.1, 0.15) is 11.9 Å². The molecule has 1 aromatic heterocycles. The number of anilines is 1. The first-order chi connectivity index (χ1) is 18.9. The number of hydrogen-bond acceptors (Lipinski definition) is 7. The molecule has 2 amide bonds. The van der Waals surface area contributed by atoms with Crippen molar-refractivity contribution in [1.29, 1.82) is 0 Å². The van der Waals surface area contributed by atoms with E-state index >= 15 is 0 Å². The quantitative estimate of drug-likeness (QED) is 0.269. The number of aromatic amines is 1. The van der Waals surface area contributed by atoms with Crippen LogP contribution in [0.25, 0.3) is 0 Å². The highest BCUT2D eigenvalue weighted by Gasteiger charge is 2.56. The lowest BCUT2D eigenvalue weighted by Gasteiger charge is -2.30. The smallest absolute Gasteiger partial charge is 0.305 e. The highest BCUT2D eigenvalue weighted by atomic mass is 35.5. The van der Waals surface area contributed by atoms with Crippen LogP contribution in [0.4, 0.5) is 5.69 Å². The number of hydrogen-bond donors (Lipinski definition) is 1. The number of aromatic nitrogens is 1. The first-order valence-corrected chi connectivity index (χ1v) is 14.4. The number of carbonyl (C=O) groups excluding carboxylic acids is 2. The number of rotatable bonds is 6. The third-order valence-electron chi connectivity index (χ3n) is 6.78. The van der Waals surface area contributed by atoms with Crippen LogP contribution in [-0.4, -0.2) is 29.2 Å². The lowest BCUT2D eigenvalue weighted by atomic mass is 9.83. The number of fused-ring (bicyclic) bond motifs is 2. The summed E-state index contributed by atoms with van der Waals surface area (Å²) in [4.78, 5) is 44.3. The number of nitrogens with one attached hydrogen (secondary N) is 1. The van der Waals surface area contributed by atoms with Crippen molar-refractivity contribution >= 4 is 63.8 Å².